The molecule has 0 radical (unpaired) electrons. The quantitative estimate of drug-likeness (QED) is 0.388. The molecule has 1 atom stereocenters. The SMILES string of the molecule is CC(C)(C)c1cc(CC(C)(C)c2ccc(F)c(OC(C)(C)C3CC3)c2)c(F)c(OC[C@@H]2CCCN2)c1. The van der Waals surface area contributed by atoms with E-state index in [1.54, 1.807) is 12.1 Å². The van der Waals surface area contributed by atoms with Crippen molar-refractivity contribution in [2.45, 2.75) is 103 Å². The third kappa shape index (κ3) is 6.22. The van der Waals surface area contributed by atoms with Crippen LogP contribution in [-0.4, -0.2) is 24.8 Å². The first-order valence-corrected chi connectivity index (χ1v) is 13.4. The molecule has 1 aliphatic carbocycles. The summed E-state index contributed by atoms with van der Waals surface area (Å²) >= 11 is 0. The van der Waals surface area contributed by atoms with Gasteiger partial charge in [-0.25, -0.2) is 8.78 Å². The highest BCUT2D eigenvalue weighted by molar-refractivity contribution is 5.42. The summed E-state index contributed by atoms with van der Waals surface area (Å²) in [5.41, 5.74) is 1.57. The molecule has 2 aromatic rings. The Labute approximate surface area is 216 Å². The lowest BCUT2D eigenvalue weighted by Gasteiger charge is -2.30. The van der Waals surface area contributed by atoms with Crippen LogP contribution in [0.2, 0.25) is 0 Å². The molecule has 0 unspecified atom stereocenters. The van der Waals surface area contributed by atoms with Gasteiger partial charge in [-0.3, -0.25) is 0 Å². The van der Waals surface area contributed by atoms with Gasteiger partial charge in [0.15, 0.2) is 23.1 Å². The van der Waals surface area contributed by atoms with E-state index in [-0.39, 0.29) is 28.8 Å². The molecule has 1 heterocycles. The van der Waals surface area contributed by atoms with E-state index in [1.807, 2.05) is 26.0 Å². The lowest BCUT2D eigenvalue weighted by molar-refractivity contribution is 0.0798. The molecule has 0 amide bonds. The minimum Gasteiger partial charge on any atom is -0.489 e. The van der Waals surface area contributed by atoms with Gasteiger partial charge in [-0.15, -0.1) is 0 Å². The molecule has 1 saturated carbocycles. The summed E-state index contributed by atoms with van der Waals surface area (Å²) in [5.74, 6) is 0.384. The molecule has 36 heavy (non-hydrogen) atoms. The molecule has 0 aromatic heterocycles. The lowest BCUT2D eigenvalue weighted by Crippen LogP contribution is -2.31. The molecule has 4 rings (SSSR count). The fraction of sp³-hybridized carbons (Fsp3) is 0.613. The minimum absolute atomic E-state index is 0.151. The van der Waals surface area contributed by atoms with Gasteiger partial charge >= 0.3 is 0 Å². The molecule has 198 valence electrons. The van der Waals surface area contributed by atoms with Gasteiger partial charge in [-0.1, -0.05) is 46.8 Å². The molecule has 2 aromatic carbocycles. The minimum atomic E-state index is -0.447. The number of hydrogen-bond donors (Lipinski definition) is 1. The number of benzene rings is 2. The Hall–Kier alpha value is -2.14. The van der Waals surface area contributed by atoms with E-state index < -0.39 is 11.0 Å². The second-order valence-electron chi connectivity index (χ2n) is 13.0. The van der Waals surface area contributed by atoms with Gasteiger partial charge in [0.2, 0.25) is 0 Å². The topological polar surface area (TPSA) is 30.5 Å². The van der Waals surface area contributed by atoms with Crippen molar-refractivity contribution < 1.29 is 18.3 Å². The average molecular weight is 500 g/mol. The van der Waals surface area contributed by atoms with Gasteiger partial charge in [0, 0.05) is 6.04 Å². The van der Waals surface area contributed by atoms with Crippen LogP contribution in [-0.2, 0) is 17.3 Å². The van der Waals surface area contributed by atoms with Gasteiger partial charge in [0.25, 0.3) is 0 Å². The summed E-state index contributed by atoms with van der Waals surface area (Å²) in [5, 5.41) is 3.41. The maximum absolute atomic E-state index is 15.8. The molecule has 0 spiro atoms. The zero-order valence-corrected chi connectivity index (χ0v) is 23.1. The van der Waals surface area contributed by atoms with E-state index in [0.717, 1.165) is 43.4 Å². The van der Waals surface area contributed by atoms with Gasteiger partial charge in [-0.2, -0.15) is 0 Å². The smallest absolute Gasteiger partial charge is 0.168 e. The average Bonchev–Trinajstić information content (AvgIpc) is 3.52. The third-order valence-corrected chi connectivity index (χ3v) is 7.86. The Morgan fingerprint density at radius 1 is 0.889 bits per heavy atom. The van der Waals surface area contributed by atoms with Crippen LogP contribution < -0.4 is 14.8 Å². The first-order chi connectivity index (χ1) is 16.8. The zero-order valence-electron chi connectivity index (χ0n) is 23.1. The first kappa shape index (κ1) is 26.9. The van der Waals surface area contributed by atoms with Crippen LogP contribution in [0.25, 0.3) is 0 Å². The van der Waals surface area contributed by atoms with Gasteiger partial charge in [-0.05, 0) is 104 Å². The summed E-state index contributed by atoms with van der Waals surface area (Å²) in [6, 6.07) is 9.15. The highest BCUT2D eigenvalue weighted by atomic mass is 19.1. The Morgan fingerprint density at radius 2 is 1.58 bits per heavy atom. The van der Waals surface area contributed by atoms with Crippen molar-refractivity contribution in [2.24, 2.45) is 5.92 Å². The van der Waals surface area contributed by atoms with Gasteiger partial charge < -0.3 is 14.8 Å². The van der Waals surface area contributed by atoms with Crippen LogP contribution in [0.1, 0.15) is 90.8 Å². The fourth-order valence-electron chi connectivity index (χ4n) is 5.14. The molecule has 2 aliphatic rings. The highest BCUT2D eigenvalue weighted by Crippen LogP contribution is 2.43. The summed E-state index contributed by atoms with van der Waals surface area (Å²) in [6.07, 6.45) is 4.86. The number of rotatable bonds is 9. The Balaban J connectivity index is 1.61. The van der Waals surface area contributed by atoms with Crippen LogP contribution >= 0.6 is 0 Å². The molecule has 1 saturated heterocycles. The fourth-order valence-corrected chi connectivity index (χ4v) is 5.14. The molecule has 1 aliphatic heterocycles. The van der Waals surface area contributed by atoms with E-state index in [4.69, 9.17) is 9.47 Å². The second-order valence-corrected chi connectivity index (χ2v) is 13.0. The second kappa shape index (κ2) is 9.96. The van der Waals surface area contributed by atoms with E-state index in [0.29, 0.717) is 30.3 Å². The molecule has 5 heteroatoms. The number of ether oxygens (including phenoxy) is 2. The van der Waals surface area contributed by atoms with Crippen molar-refractivity contribution in [3.8, 4) is 11.5 Å². The van der Waals surface area contributed by atoms with Crippen LogP contribution in [0.15, 0.2) is 30.3 Å². The predicted octanol–water partition coefficient (Wildman–Crippen LogP) is 7.48. The van der Waals surface area contributed by atoms with Gasteiger partial charge in [0.1, 0.15) is 12.2 Å². The maximum atomic E-state index is 15.8. The molecule has 3 nitrogen and oxygen atoms in total. The molecular weight excluding hydrogens is 456 g/mol. The van der Waals surface area contributed by atoms with Crippen LogP contribution in [0.4, 0.5) is 8.78 Å². The van der Waals surface area contributed by atoms with Gasteiger partial charge in [0.05, 0.1) is 0 Å². The lowest BCUT2D eigenvalue weighted by atomic mass is 9.77. The third-order valence-electron chi connectivity index (χ3n) is 7.86. The molecule has 1 N–H and O–H groups in total. The van der Waals surface area contributed by atoms with Crippen molar-refractivity contribution in [1.82, 2.24) is 5.32 Å². The summed E-state index contributed by atoms with van der Waals surface area (Å²) in [4.78, 5) is 0. The van der Waals surface area contributed by atoms with Crippen LogP contribution in [0.5, 0.6) is 11.5 Å². The molecular formula is C31H43F2NO2. The van der Waals surface area contributed by atoms with E-state index in [1.165, 1.54) is 6.07 Å². The standard InChI is InChI=1S/C31H43F2NO2/c1-29(2,3)23-15-20(28(33)27(17-23)35-19-24-9-8-14-34-24)18-30(4,5)22-12-13-25(32)26(16-22)36-31(6,7)21-10-11-21/h12-13,15-17,21,24,34H,8-11,14,18-19H2,1-7H3/t24-/m0/s1. The van der Waals surface area contributed by atoms with Crippen LogP contribution in [0, 0.1) is 17.6 Å². The number of nitrogens with one attached hydrogen (secondary N) is 1. The summed E-state index contributed by atoms with van der Waals surface area (Å²) < 4.78 is 42.7. The summed E-state index contributed by atoms with van der Waals surface area (Å²) in [6.45, 7) is 16.0. The predicted molar refractivity (Wildman–Crippen MR) is 142 cm³/mol. The Kier molecular flexibility index (Phi) is 7.45. The largest absolute Gasteiger partial charge is 0.489 e. The van der Waals surface area contributed by atoms with E-state index in [9.17, 15) is 4.39 Å². The van der Waals surface area contributed by atoms with Crippen LogP contribution in [0.3, 0.4) is 0 Å². The molecule has 0 bridgehead atoms. The zero-order chi connectivity index (χ0) is 26.3. The van der Waals surface area contributed by atoms with Crippen molar-refractivity contribution in [1.29, 1.82) is 0 Å². The van der Waals surface area contributed by atoms with E-state index >= 15 is 4.39 Å². The first-order valence-electron chi connectivity index (χ1n) is 13.4. The Bertz CT molecular complexity index is 1080. The monoisotopic (exact) mass is 499 g/mol. The normalized spacial score (nSPS) is 19.0. The summed E-state index contributed by atoms with van der Waals surface area (Å²) in [7, 11) is 0. The number of halogens is 2. The number of hydrogen-bond acceptors (Lipinski definition) is 3. The van der Waals surface area contributed by atoms with Crippen molar-refractivity contribution in [3.63, 3.8) is 0 Å². The van der Waals surface area contributed by atoms with E-state index in [2.05, 4.69) is 39.9 Å². The molecule has 2 fully saturated rings. The maximum Gasteiger partial charge on any atom is 0.168 e. The van der Waals surface area contributed by atoms with Crippen molar-refractivity contribution >= 4 is 0 Å². The van der Waals surface area contributed by atoms with Crippen molar-refractivity contribution in [3.05, 3.63) is 58.7 Å². The Morgan fingerprint density at radius 3 is 2.19 bits per heavy atom. The van der Waals surface area contributed by atoms with Crippen molar-refractivity contribution in [2.75, 3.05) is 13.2 Å². The highest BCUT2D eigenvalue weighted by Gasteiger charge is 2.40.